The molecule has 0 heterocycles. The van der Waals surface area contributed by atoms with E-state index in [1.165, 1.54) is 11.8 Å². The van der Waals surface area contributed by atoms with Crippen molar-refractivity contribution in [3.05, 3.63) is 29.8 Å². The molecule has 0 saturated carbocycles. The van der Waals surface area contributed by atoms with E-state index in [0.717, 1.165) is 5.56 Å². The summed E-state index contributed by atoms with van der Waals surface area (Å²) in [7, 11) is 1.55. The third-order valence-electron chi connectivity index (χ3n) is 3.38. The molecule has 0 aliphatic carbocycles. The minimum absolute atomic E-state index is 0.0611. The van der Waals surface area contributed by atoms with Gasteiger partial charge in [-0.05, 0) is 25.0 Å². The fourth-order valence-electron chi connectivity index (χ4n) is 2.10. The Morgan fingerprint density at radius 1 is 1.13 bits per heavy atom. The molecule has 0 saturated heterocycles. The van der Waals surface area contributed by atoms with Crippen molar-refractivity contribution >= 4 is 23.4 Å². The van der Waals surface area contributed by atoms with Gasteiger partial charge in [-0.1, -0.05) is 31.5 Å². The van der Waals surface area contributed by atoms with Crippen molar-refractivity contribution in [1.29, 1.82) is 0 Å². The Morgan fingerprint density at radius 3 is 2.17 bits per heavy atom. The lowest BCUT2D eigenvalue weighted by Crippen LogP contribution is -2.51. The summed E-state index contributed by atoms with van der Waals surface area (Å²) >= 11 is 0. The van der Waals surface area contributed by atoms with E-state index in [1.54, 1.807) is 7.05 Å². The van der Waals surface area contributed by atoms with Gasteiger partial charge < -0.3 is 15.5 Å². The van der Waals surface area contributed by atoms with Gasteiger partial charge in [0.05, 0.1) is 6.54 Å². The average molecular weight is 319 g/mol. The second-order valence-corrected chi connectivity index (χ2v) is 6.03. The molecule has 0 fully saturated rings. The number of likely N-dealkylation sites (N-methyl/N-ethyl adjacent to an activating group) is 1. The molecule has 0 bridgehead atoms. The van der Waals surface area contributed by atoms with Crippen LogP contribution in [0.2, 0.25) is 0 Å². The van der Waals surface area contributed by atoms with Gasteiger partial charge in [-0.15, -0.1) is 0 Å². The SMILES string of the molecule is CC(=O)NC(C(=O)N(C)CC(=O)Nc1ccc(C)cc1)C(C)C. The molecular formula is C17H25N3O3. The summed E-state index contributed by atoms with van der Waals surface area (Å²) in [5.74, 6) is -0.896. The quantitative estimate of drug-likeness (QED) is 0.835. The van der Waals surface area contributed by atoms with E-state index in [-0.39, 0.29) is 30.2 Å². The molecule has 3 amide bonds. The number of amides is 3. The van der Waals surface area contributed by atoms with E-state index < -0.39 is 6.04 Å². The van der Waals surface area contributed by atoms with E-state index >= 15 is 0 Å². The molecule has 0 aliphatic heterocycles. The molecule has 1 unspecified atom stereocenters. The molecule has 0 aliphatic rings. The third-order valence-corrected chi connectivity index (χ3v) is 3.38. The van der Waals surface area contributed by atoms with Crippen molar-refractivity contribution in [2.75, 3.05) is 18.9 Å². The first kappa shape index (κ1) is 18.7. The van der Waals surface area contributed by atoms with Gasteiger partial charge in [0.15, 0.2) is 0 Å². The van der Waals surface area contributed by atoms with Crippen molar-refractivity contribution in [2.24, 2.45) is 5.92 Å². The normalized spacial score (nSPS) is 11.7. The van der Waals surface area contributed by atoms with Crippen molar-refractivity contribution in [3.63, 3.8) is 0 Å². The monoisotopic (exact) mass is 319 g/mol. The van der Waals surface area contributed by atoms with Gasteiger partial charge in [0, 0.05) is 19.7 Å². The van der Waals surface area contributed by atoms with Crippen molar-refractivity contribution in [2.45, 2.75) is 33.7 Å². The van der Waals surface area contributed by atoms with Gasteiger partial charge >= 0.3 is 0 Å². The van der Waals surface area contributed by atoms with Gasteiger partial charge in [0.2, 0.25) is 17.7 Å². The summed E-state index contributed by atoms with van der Waals surface area (Å²) in [6.45, 7) is 6.95. The number of anilines is 1. The highest BCUT2D eigenvalue weighted by atomic mass is 16.2. The van der Waals surface area contributed by atoms with Crippen LogP contribution in [0.1, 0.15) is 26.3 Å². The second kappa shape index (κ2) is 8.31. The molecule has 1 aromatic rings. The number of carbonyl (C=O) groups excluding carboxylic acids is 3. The van der Waals surface area contributed by atoms with Crippen LogP contribution in [0.3, 0.4) is 0 Å². The van der Waals surface area contributed by atoms with Crippen LogP contribution in [0.5, 0.6) is 0 Å². The van der Waals surface area contributed by atoms with Gasteiger partial charge in [0.1, 0.15) is 6.04 Å². The zero-order chi connectivity index (χ0) is 17.6. The molecule has 0 spiro atoms. The average Bonchev–Trinajstić information content (AvgIpc) is 2.45. The highest BCUT2D eigenvalue weighted by molar-refractivity contribution is 5.95. The predicted molar refractivity (Wildman–Crippen MR) is 89.9 cm³/mol. The minimum atomic E-state index is -0.635. The van der Waals surface area contributed by atoms with Crippen LogP contribution < -0.4 is 10.6 Å². The molecule has 1 atom stereocenters. The maximum absolute atomic E-state index is 12.4. The Balaban J connectivity index is 2.63. The molecule has 6 heteroatoms. The largest absolute Gasteiger partial charge is 0.344 e. The predicted octanol–water partition coefficient (Wildman–Crippen LogP) is 1.55. The van der Waals surface area contributed by atoms with E-state index in [1.807, 2.05) is 45.0 Å². The maximum atomic E-state index is 12.4. The first-order valence-electron chi connectivity index (χ1n) is 7.59. The van der Waals surface area contributed by atoms with Gasteiger partial charge in [-0.25, -0.2) is 0 Å². The van der Waals surface area contributed by atoms with Crippen LogP contribution >= 0.6 is 0 Å². The minimum Gasteiger partial charge on any atom is -0.344 e. The van der Waals surface area contributed by atoms with E-state index in [4.69, 9.17) is 0 Å². The molecule has 6 nitrogen and oxygen atoms in total. The Morgan fingerprint density at radius 2 is 1.70 bits per heavy atom. The van der Waals surface area contributed by atoms with E-state index in [2.05, 4.69) is 10.6 Å². The third kappa shape index (κ3) is 6.10. The maximum Gasteiger partial charge on any atom is 0.245 e. The summed E-state index contributed by atoms with van der Waals surface area (Å²) in [6.07, 6.45) is 0. The number of nitrogens with zero attached hydrogens (tertiary/aromatic N) is 1. The Bertz CT molecular complexity index is 567. The summed E-state index contributed by atoms with van der Waals surface area (Å²) < 4.78 is 0. The van der Waals surface area contributed by atoms with Crippen LogP contribution in [0.15, 0.2) is 24.3 Å². The molecular weight excluding hydrogens is 294 g/mol. The molecule has 0 aromatic heterocycles. The van der Waals surface area contributed by atoms with Crippen LogP contribution in [0.25, 0.3) is 0 Å². The number of hydrogen-bond donors (Lipinski definition) is 2. The topological polar surface area (TPSA) is 78.5 Å². The van der Waals surface area contributed by atoms with Crippen molar-refractivity contribution in [1.82, 2.24) is 10.2 Å². The zero-order valence-electron chi connectivity index (χ0n) is 14.3. The van der Waals surface area contributed by atoms with E-state index in [9.17, 15) is 14.4 Å². The molecule has 126 valence electrons. The molecule has 2 N–H and O–H groups in total. The zero-order valence-corrected chi connectivity index (χ0v) is 14.3. The number of hydrogen-bond acceptors (Lipinski definition) is 3. The van der Waals surface area contributed by atoms with Gasteiger partial charge in [-0.2, -0.15) is 0 Å². The van der Waals surface area contributed by atoms with Gasteiger partial charge in [0.25, 0.3) is 0 Å². The van der Waals surface area contributed by atoms with E-state index in [0.29, 0.717) is 5.69 Å². The highest BCUT2D eigenvalue weighted by Crippen LogP contribution is 2.09. The van der Waals surface area contributed by atoms with Crippen LogP contribution in [0.4, 0.5) is 5.69 Å². The molecule has 1 aromatic carbocycles. The Labute approximate surface area is 137 Å². The number of carbonyl (C=O) groups is 3. The summed E-state index contributed by atoms with van der Waals surface area (Å²) in [5.41, 5.74) is 1.79. The Hall–Kier alpha value is -2.37. The fourth-order valence-corrected chi connectivity index (χ4v) is 2.10. The lowest BCUT2D eigenvalue weighted by molar-refractivity contribution is -0.138. The highest BCUT2D eigenvalue weighted by Gasteiger charge is 2.26. The molecule has 0 radical (unpaired) electrons. The summed E-state index contributed by atoms with van der Waals surface area (Å²) in [4.78, 5) is 37.0. The smallest absolute Gasteiger partial charge is 0.245 e. The van der Waals surface area contributed by atoms with Crippen molar-refractivity contribution < 1.29 is 14.4 Å². The standard InChI is InChI=1S/C17H25N3O3/c1-11(2)16(18-13(4)21)17(23)20(5)10-15(22)19-14-8-6-12(3)7-9-14/h6-9,11,16H,10H2,1-5H3,(H,18,21)(H,19,22). The summed E-state index contributed by atoms with van der Waals surface area (Å²) in [5, 5.41) is 5.37. The lowest BCUT2D eigenvalue weighted by Gasteiger charge is -2.26. The van der Waals surface area contributed by atoms with Gasteiger partial charge in [-0.3, -0.25) is 14.4 Å². The molecule has 1 rings (SSSR count). The van der Waals surface area contributed by atoms with Crippen LogP contribution in [-0.4, -0.2) is 42.3 Å². The first-order valence-corrected chi connectivity index (χ1v) is 7.59. The lowest BCUT2D eigenvalue weighted by atomic mass is 10.0. The Kier molecular flexibility index (Phi) is 6.75. The number of aryl methyl sites for hydroxylation is 1. The first-order chi connectivity index (χ1) is 10.7. The fraction of sp³-hybridized carbons (Fsp3) is 0.471. The van der Waals surface area contributed by atoms with Crippen LogP contribution in [0, 0.1) is 12.8 Å². The number of nitrogens with one attached hydrogen (secondary N) is 2. The van der Waals surface area contributed by atoms with Crippen molar-refractivity contribution in [3.8, 4) is 0 Å². The number of benzene rings is 1. The second-order valence-electron chi connectivity index (χ2n) is 6.03. The summed E-state index contributed by atoms with van der Waals surface area (Å²) in [6, 6.07) is 6.78. The molecule has 23 heavy (non-hydrogen) atoms. The number of rotatable bonds is 6. The van der Waals surface area contributed by atoms with Crippen LogP contribution in [-0.2, 0) is 14.4 Å².